The van der Waals surface area contributed by atoms with Crippen LogP contribution >= 0.6 is 11.6 Å². The van der Waals surface area contributed by atoms with Crippen molar-refractivity contribution in [2.24, 2.45) is 0 Å². The highest BCUT2D eigenvalue weighted by molar-refractivity contribution is 7.89. The summed E-state index contributed by atoms with van der Waals surface area (Å²) in [4.78, 5) is 2.43. The molecule has 5 nitrogen and oxygen atoms in total. The normalized spacial score (nSPS) is 17.2. The van der Waals surface area contributed by atoms with E-state index in [0.29, 0.717) is 24.8 Å². The Bertz CT molecular complexity index is 817. The molecule has 0 radical (unpaired) electrons. The van der Waals surface area contributed by atoms with Crippen molar-refractivity contribution in [3.8, 4) is 0 Å². The third kappa shape index (κ3) is 5.05. The molecular formula is C19H23ClN2O3S. The van der Waals surface area contributed by atoms with Crippen molar-refractivity contribution in [1.82, 2.24) is 9.62 Å². The van der Waals surface area contributed by atoms with E-state index < -0.39 is 10.0 Å². The van der Waals surface area contributed by atoms with Crippen LogP contribution in [0.1, 0.15) is 17.2 Å². The van der Waals surface area contributed by atoms with Crippen LogP contribution in [-0.2, 0) is 14.8 Å². The van der Waals surface area contributed by atoms with E-state index in [4.69, 9.17) is 16.3 Å². The Hall–Kier alpha value is -1.44. The van der Waals surface area contributed by atoms with Gasteiger partial charge < -0.3 is 4.74 Å². The summed E-state index contributed by atoms with van der Waals surface area (Å²) in [6, 6.07) is 13.8. The van der Waals surface area contributed by atoms with E-state index in [0.717, 1.165) is 24.2 Å². The topological polar surface area (TPSA) is 58.6 Å². The van der Waals surface area contributed by atoms with Gasteiger partial charge in [-0.15, -0.1) is 0 Å². The molecule has 0 aliphatic carbocycles. The number of benzene rings is 2. The van der Waals surface area contributed by atoms with Crippen molar-refractivity contribution in [2.75, 3.05) is 32.8 Å². The second kappa shape index (κ2) is 8.50. The number of sulfonamides is 1. The van der Waals surface area contributed by atoms with Gasteiger partial charge in [0.2, 0.25) is 10.0 Å². The zero-order valence-electron chi connectivity index (χ0n) is 14.7. The molecule has 1 aliphatic rings. The maximum atomic E-state index is 12.8. The predicted molar refractivity (Wildman–Crippen MR) is 103 cm³/mol. The summed E-state index contributed by atoms with van der Waals surface area (Å²) in [7, 11) is -3.65. The molecule has 140 valence electrons. The average Bonchev–Trinajstić information content (AvgIpc) is 2.63. The van der Waals surface area contributed by atoms with Gasteiger partial charge in [-0.2, -0.15) is 0 Å². The second-order valence-corrected chi connectivity index (χ2v) is 8.60. The number of nitrogens with one attached hydrogen (secondary N) is 1. The molecule has 1 saturated heterocycles. The summed E-state index contributed by atoms with van der Waals surface area (Å²) < 4.78 is 33.9. The number of morpholine rings is 1. The van der Waals surface area contributed by atoms with Gasteiger partial charge in [0.25, 0.3) is 0 Å². The summed E-state index contributed by atoms with van der Waals surface area (Å²) in [5, 5.41) is 0.507. The zero-order valence-corrected chi connectivity index (χ0v) is 16.3. The minimum Gasteiger partial charge on any atom is -0.379 e. The highest BCUT2D eigenvalue weighted by Gasteiger charge is 2.24. The van der Waals surface area contributed by atoms with Crippen LogP contribution in [0.15, 0.2) is 53.4 Å². The maximum Gasteiger partial charge on any atom is 0.241 e. The van der Waals surface area contributed by atoms with Gasteiger partial charge >= 0.3 is 0 Å². The van der Waals surface area contributed by atoms with E-state index in [1.54, 1.807) is 12.1 Å². The van der Waals surface area contributed by atoms with Gasteiger partial charge in [0, 0.05) is 24.7 Å². The molecule has 2 aromatic rings. The highest BCUT2D eigenvalue weighted by atomic mass is 35.5. The zero-order chi connectivity index (χ0) is 18.6. The Labute approximate surface area is 160 Å². The number of rotatable bonds is 6. The average molecular weight is 395 g/mol. The van der Waals surface area contributed by atoms with Gasteiger partial charge in [-0.25, -0.2) is 13.1 Å². The molecule has 1 fully saturated rings. The van der Waals surface area contributed by atoms with Crippen LogP contribution in [0.4, 0.5) is 0 Å². The van der Waals surface area contributed by atoms with Gasteiger partial charge in [0.05, 0.1) is 24.2 Å². The molecule has 1 N–H and O–H groups in total. The Balaban J connectivity index is 1.84. The predicted octanol–water partition coefficient (Wildman–Crippen LogP) is 3.00. The van der Waals surface area contributed by atoms with E-state index in [9.17, 15) is 8.42 Å². The van der Waals surface area contributed by atoms with Gasteiger partial charge in [-0.05, 0) is 36.8 Å². The van der Waals surface area contributed by atoms with E-state index in [2.05, 4.69) is 9.62 Å². The third-order valence-corrected chi connectivity index (χ3v) is 6.19. The van der Waals surface area contributed by atoms with Gasteiger partial charge in [-0.3, -0.25) is 4.90 Å². The van der Waals surface area contributed by atoms with E-state index >= 15 is 0 Å². The van der Waals surface area contributed by atoms with Crippen LogP contribution < -0.4 is 4.72 Å². The third-order valence-electron chi connectivity index (χ3n) is 4.45. The van der Waals surface area contributed by atoms with E-state index in [1.807, 2.05) is 31.2 Å². The standard InChI is InChI=1S/C19H23ClN2O3S/c1-15-2-4-16(5-3-15)19(14-22-10-12-25-13-11-22)21-26(23,24)18-8-6-17(20)7-9-18/h2-9,19,21H,10-14H2,1H3/t19-/m1/s1. The van der Waals surface area contributed by atoms with Gasteiger partial charge in [0.1, 0.15) is 0 Å². The molecule has 0 aromatic heterocycles. The quantitative estimate of drug-likeness (QED) is 0.818. The van der Waals surface area contributed by atoms with Crippen LogP contribution in [0.3, 0.4) is 0 Å². The number of nitrogens with zero attached hydrogens (tertiary/aromatic N) is 1. The van der Waals surface area contributed by atoms with Crippen LogP contribution in [0.25, 0.3) is 0 Å². The number of ether oxygens (including phenoxy) is 1. The summed E-state index contributed by atoms with van der Waals surface area (Å²) >= 11 is 5.87. The lowest BCUT2D eigenvalue weighted by molar-refractivity contribution is 0.0345. The number of aryl methyl sites for hydroxylation is 1. The molecule has 3 rings (SSSR count). The Kier molecular flexibility index (Phi) is 6.32. The van der Waals surface area contributed by atoms with Crippen molar-refractivity contribution in [3.63, 3.8) is 0 Å². The molecule has 1 heterocycles. The smallest absolute Gasteiger partial charge is 0.241 e. The first-order valence-electron chi connectivity index (χ1n) is 8.58. The lowest BCUT2D eigenvalue weighted by Gasteiger charge is -2.31. The van der Waals surface area contributed by atoms with Gasteiger partial charge in [0.15, 0.2) is 0 Å². The Morgan fingerprint density at radius 3 is 2.31 bits per heavy atom. The summed E-state index contributed by atoms with van der Waals surface area (Å²) in [6.07, 6.45) is 0. The minimum atomic E-state index is -3.65. The van der Waals surface area contributed by atoms with Crippen LogP contribution in [-0.4, -0.2) is 46.2 Å². The van der Waals surface area contributed by atoms with Crippen molar-refractivity contribution in [2.45, 2.75) is 17.9 Å². The Morgan fingerprint density at radius 1 is 1.08 bits per heavy atom. The lowest BCUT2D eigenvalue weighted by atomic mass is 10.1. The molecule has 0 unspecified atom stereocenters. The molecule has 7 heteroatoms. The maximum absolute atomic E-state index is 12.8. The number of halogens is 1. The molecule has 26 heavy (non-hydrogen) atoms. The number of hydrogen-bond donors (Lipinski definition) is 1. The summed E-state index contributed by atoms with van der Waals surface area (Å²) in [6.45, 7) is 5.54. The van der Waals surface area contributed by atoms with Crippen molar-refractivity contribution < 1.29 is 13.2 Å². The van der Waals surface area contributed by atoms with Crippen molar-refractivity contribution >= 4 is 21.6 Å². The van der Waals surface area contributed by atoms with E-state index in [1.165, 1.54) is 12.1 Å². The second-order valence-electron chi connectivity index (χ2n) is 6.45. The Morgan fingerprint density at radius 2 is 1.69 bits per heavy atom. The largest absolute Gasteiger partial charge is 0.379 e. The first-order chi connectivity index (χ1) is 12.4. The lowest BCUT2D eigenvalue weighted by Crippen LogP contribution is -2.43. The highest BCUT2D eigenvalue weighted by Crippen LogP contribution is 2.21. The molecule has 2 aromatic carbocycles. The SMILES string of the molecule is Cc1ccc([C@@H](CN2CCOCC2)NS(=O)(=O)c2ccc(Cl)cc2)cc1. The number of hydrogen-bond acceptors (Lipinski definition) is 4. The van der Waals surface area contributed by atoms with Gasteiger partial charge in [-0.1, -0.05) is 41.4 Å². The molecular weight excluding hydrogens is 372 g/mol. The molecule has 0 amide bonds. The monoisotopic (exact) mass is 394 g/mol. The van der Waals surface area contributed by atoms with Crippen LogP contribution in [0.5, 0.6) is 0 Å². The fraction of sp³-hybridized carbons (Fsp3) is 0.368. The molecule has 0 saturated carbocycles. The molecule has 1 atom stereocenters. The summed E-state index contributed by atoms with van der Waals surface area (Å²) in [5.41, 5.74) is 2.08. The molecule has 1 aliphatic heterocycles. The van der Waals surface area contributed by atoms with E-state index in [-0.39, 0.29) is 10.9 Å². The van der Waals surface area contributed by atoms with Crippen LogP contribution in [0, 0.1) is 6.92 Å². The first-order valence-corrected chi connectivity index (χ1v) is 10.4. The van der Waals surface area contributed by atoms with Crippen LogP contribution in [0.2, 0.25) is 5.02 Å². The summed E-state index contributed by atoms with van der Waals surface area (Å²) in [5.74, 6) is 0. The molecule has 0 spiro atoms. The van der Waals surface area contributed by atoms with Crippen molar-refractivity contribution in [1.29, 1.82) is 0 Å². The first kappa shape index (κ1) is 19.3. The fourth-order valence-electron chi connectivity index (χ4n) is 2.92. The van der Waals surface area contributed by atoms with Crippen molar-refractivity contribution in [3.05, 3.63) is 64.7 Å². The fourth-order valence-corrected chi connectivity index (χ4v) is 4.26. The minimum absolute atomic E-state index is 0.209. The molecule has 0 bridgehead atoms.